The highest BCUT2D eigenvalue weighted by molar-refractivity contribution is 7.52. The van der Waals surface area contributed by atoms with Crippen LogP contribution in [-0.4, -0.2) is 57.3 Å². The number of aliphatic hydroxyl groups excluding tert-OH is 1. The van der Waals surface area contributed by atoms with Gasteiger partial charge in [0.05, 0.1) is 12.7 Å². The first-order valence-corrected chi connectivity index (χ1v) is 12.7. The SMILES string of the molecule is CC(C)OC(=O)[C@H](C)N[P@](=O)(OC[C@H]1O[C@@H](n2ccc(N)nc2=O)[C@](C)(F)[C@@H]1O)Oc1ccccc1. The number of aliphatic hydroxyl groups is 1. The van der Waals surface area contributed by atoms with Crippen molar-refractivity contribution in [2.45, 2.75) is 63.9 Å². The molecule has 0 bridgehead atoms. The zero-order valence-corrected chi connectivity index (χ0v) is 21.1. The van der Waals surface area contributed by atoms with Crippen LogP contribution in [0.15, 0.2) is 47.4 Å². The summed E-state index contributed by atoms with van der Waals surface area (Å²) in [4.78, 5) is 28.0. The quantitative estimate of drug-likeness (QED) is 0.305. The third-order valence-corrected chi connectivity index (χ3v) is 6.90. The number of carbonyl (C=O) groups is 1. The molecule has 1 aromatic heterocycles. The number of hydrogen-bond donors (Lipinski definition) is 3. The van der Waals surface area contributed by atoms with Crippen molar-refractivity contribution in [1.29, 1.82) is 0 Å². The van der Waals surface area contributed by atoms with Crippen molar-refractivity contribution in [1.82, 2.24) is 14.6 Å². The number of anilines is 1. The Kier molecular flexibility index (Phi) is 8.52. The standard InChI is InChI=1S/C22H30FN4O8P/c1-13(2)33-19(29)14(3)26-36(31,35-15-8-6-5-7-9-15)32-12-16-18(28)22(4,23)20(34-16)27-11-10-17(24)25-21(27)30/h5-11,13-14,16,18,20,28H,12H2,1-4H3,(H,26,31)(H2,24,25,30)/t14-,16+,18+,20+,22+,36-/m0/s1. The number of nitrogens with one attached hydrogen (secondary N) is 1. The Hall–Kier alpha value is -2.83. The van der Waals surface area contributed by atoms with E-state index < -0.39 is 62.3 Å². The Bertz CT molecular complexity index is 1160. The molecule has 36 heavy (non-hydrogen) atoms. The minimum atomic E-state index is -4.29. The topological polar surface area (TPSA) is 164 Å². The lowest BCUT2D eigenvalue weighted by Crippen LogP contribution is -2.43. The largest absolute Gasteiger partial charge is 0.462 e. The Labute approximate surface area is 207 Å². The molecule has 0 unspecified atom stereocenters. The van der Waals surface area contributed by atoms with Crippen molar-refractivity contribution in [2.75, 3.05) is 12.3 Å². The Morgan fingerprint density at radius 1 is 1.33 bits per heavy atom. The molecule has 3 rings (SSSR count). The monoisotopic (exact) mass is 528 g/mol. The van der Waals surface area contributed by atoms with Gasteiger partial charge in [-0.15, -0.1) is 0 Å². The molecular formula is C22H30FN4O8P. The predicted molar refractivity (Wildman–Crippen MR) is 127 cm³/mol. The van der Waals surface area contributed by atoms with Crippen molar-refractivity contribution in [3.8, 4) is 5.75 Å². The van der Waals surface area contributed by atoms with Crippen molar-refractivity contribution < 1.29 is 37.4 Å². The summed E-state index contributed by atoms with van der Waals surface area (Å²) < 4.78 is 51.6. The van der Waals surface area contributed by atoms with Crippen LogP contribution in [0.2, 0.25) is 0 Å². The van der Waals surface area contributed by atoms with Gasteiger partial charge in [-0.25, -0.2) is 13.8 Å². The van der Waals surface area contributed by atoms with Crippen molar-refractivity contribution in [3.63, 3.8) is 0 Å². The van der Waals surface area contributed by atoms with E-state index in [4.69, 9.17) is 24.3 Å². The molecule has 1 aromatic carbocycles. The van der Waals surface area contributed by atoms with Crippen LogP contribution in [-0.2, 0) is 23.4 Å². The summed E-state index contributed by atoms with van der Waals surface area (Å²) in [6.07, 6.45) is -3.92. The molecule has 0 radical (unpaired) electrons. The van der Waals surface area contributed by atoms with Gasteiger partial charge in [0.15, 0.2) is 11.9 Å². The molecule has 12 nitrogen and oxygen atoms in total. The lowest BCUT2D eigenvalue weighted by molar-refractivity contribution is -0.149. The van der Waals surface area contributed by atoms with E-state index in [1.807, 2.05) is 0 Å². The highest BCUT2D eigenvalue weighted by Crippen LogP contribution is 2.47. The van der Waals surface area contributed by atoms with Crippen LogP contribution in [0.25, 0.3) is 0 Å². The first kappa shape index (κ1) is 27.8. The average molecular weight is 528 g/mol. The molecule has 0 amide bonds. The number of nitrogens with two attached hydrogens (primary N) is 1. The maximum atomic E-state index is 15.5. The van der Waals surface area contributed by atoms with Gasteiger partial charge in [-0.2, -0.15) is 10.1 Å². The molecule has 4 N–H and O–H groups in total. The van der Waals surface area contributed by atoms with Gasteiger partial charge in [-0.05, 0) is 45.9 Å². The first-order valence-electron chi connectivity index (χ1n) is 11.2. The van der Waals surface area contributed by atoms with Gasteiger partial charge in [0, 0.05) is 6.20 Å². The highest BCUT2D eigenvalue weighted by Gasteiger charge is 2.56. The van der Waals surface area contributed by atoms with Crippen molar-refractivity contribution in [2.24, 2.45) is 0 Å². The maximum Gasteiger partial charge on any atom is 0.459 e. The molecule has 0 aliphatic carbocycles. The smallest absolute Gasteiger partial charge is 0.459 e. The Balaban J connectivity index is 1.79. The summed E-state index contributed by atoms with van der Waals surface area (Å²) in [5.41, 5.74) is 2.16. The van der Waals surface area contributed by atoms with E-state index in [1.54, 1.807) is 32.0 Å². The molecule has 1 saturated heterocycles. The summed E-state index contributed by atoms with van der Waals surface area (Å²) in [5, 5.41) is 13.1. The van der Waals surface area contributed by atoms with Gasteiger partial charge >= 0.3 is 19.4 Å². The minimum Gasteiger partial charge on any atom is -0.462 e. The zero-order valence-electron chi connectivity index (χ0n) is 20.2. The summed E-state index contributed by atoms with van der Waals surface area (Å²) in [6.45, 7) is 5.16. The number of aromatic nitrogens is 2. The summed E-state index contributed by atoms with van der Waals surface area (Å²) >= 11 is 0. The maximum absolute atomic E-state index is 15.5. The number of para-hydroxylation sites is 1. The van der Waals surface area contributed by atoms with E-state index in [1.165, 1.54) is 31.3 Å². The molecule has 2 heterocycles. The molecule has 6 atom stereocenters. The van der Waals surface area contributed by atoms with Crippen LogP contribution >= 0.6 is 7.75 Å². The van der Waals surface area contributed by atoms with Crippen LogP contribution < -0.4 is 21.0 Å². The summed E-state index contributed by atoms with van der Waals surface area (Å²) in [5.74, 6) is -0.599. The van der Waals surface area contributed by atoms with Crippen molar-refractivity contribution in [3.05, 3.63) is 53.1 Å². The van der Waals surface area contributed by atoms with Gasteiger partial charge < -0.3 is 24.8 Å². The van der Waals surface area contributed by atoms with Crippen LogP contribution in [0, 0.1) is 0 Å². The number of esters is 1. The molecule has 0 saturated carbocycles. The number of rotatable bonds is 10. The third-order valence-electron chi connectivity index (χ3n) is 5.26. The van der Waals surface area contributed by atoms with E-state index in [9.17, 15) is 19.3 Å². The number of nitrogens with zero attached hydrogens (tertiary/aromatic N) is 2. The van der Waals surface area contributed by atoms with E-state index in [0.717, 1.165) is 11.5 Å². The lowest BCUT2D eigenvalue weighted by Gasteiger charge is -2.25. The minimum absolute atomic E-state index is 0.0644. The normalized spacial score (nSPS) is 26.4. The molecule has 1 aliphatic rings. The van der Waals surface area contributed by atoms with Gasteiger partial charge in [0.2, 0.25) is 0 Å². The third kappa shape index (κ3) is 6.48. The van der Waals surface area contributed by atoms with Crippen molar-refractivity contribution >= 4 is 19.5 Å². The number of hydrogen-bond acceptors (Lipinski definition) is 10. The molecule has 14 heteroatoms. The van der Waals surface area contributed by atoms with Crippen LogP contribution in [0.1, 0.15) is 33.9 Å². The second-order valence-electron chi connectivity index (χ2n) is 8.70. The summed E-state index contributed by atoms with van der Waals surface area (Å²) in [7, 11) is -4.29. The first-order chi connectivity index (χ1) is 16.8. The van der Waals surface area contributed by atoms with E-state index in [2.05, 4.69) is 10.1 Å². The van der Waals surface area contributed by atoms with E-state index in [0.29, 0.717) is 0 Å². The van der Waals surface area contributed by atoms with Gasteiger partial charge in [-0.1, -0.05) is 18.2 Å². The van der Waals surface area contributed by atoms with E-state index in [-0.39, 0.29) is 11.6 Å². The lowest BCUT2D eigenvalue weighted by atomic mass is 9.98. The second kappa shape index (κ2) is 11.1. The summed E-state index contributed by atoms with van der Waals surface area (Å²) in [6, 6.07) is 8.20. The van der Waals surface area contributed by atoms with E-state index >= 15 is 4.39 Å². The average Bonchev–Trinajstić information content (AvgIpc) is 3.01. The number of benzene rings is 1. The van der Waals surface area contributed by atoms with Crippen LogP contribution in [0.3, 0.4) is 0 Å². The Morgan fingerprint density at radius 3 is 2.61 bits per heavy atom. The number of nitrogen functional groups attached to an aromatic ring is 1. The molecule has 198 valence electrons. The fourth-order valence-corrected chi connectivity index (χ4v) is 4.96. The zero-order chi connectivity index (χ0) is 26.7. The second-order valence-corrected chi connectivity index (χ2v) is 10.4. The molecule has 2 aromatic rings. The highest BCUT2D eigenvalue weighted by atomic mass is 31.2. The van der Waals surface area contributed by atoms with Crippen LogP contribution in [0.4, 0.5) is 10.2 Å². The van der Waals surface area contributed by atoms with Gasteiger partial charge in [0.25, 0.3) is 0 Å². The van der Waals surface area contributed by atoms with Crippen LogP contribution in [0.5, 0.6) is 5.75 Å². The number of alkyl halides is 1. The predicted octanol–water partition coefficient (Wildman–Crippen LogP) is 1.95. The number of halogens is 1. The van der Waals surface area contributed by atoms with Gasteiger partial charge in [0.1, 0.15) is 29.8 Å². The fraction of sp³-hybridized carbons (Fsp3) is 0.500. The molecule has 1 aliphatic heterocycles. The van der Waals surface area contributed by atoms with Gasteiger partial charge in [-0.3, -0.25) is 13.9 Å². The Morgan fingerprint density at radius 2 is 2.00 bits per heavy atom. The molecule has 1 fully saturated rings. The molecular weight excluding hydrogens is 498 g/mol. The fourth-order valence-electron chi connectivity index (χ4n) is 3.46. The number of carbonyl (C=O) groups excluding carboxylic acids is 1. The molecule has 0 spiro atoms. The number of ether oxygens (including phenoxy) is 2.